The second-order valence-electron chi connectivity index (χ2n) is 9.45. The molecule has 0 spiro atoms. The van der Waals surface area contributed by atoms with E-state index in [-0.39, 0.29) is 29.9 Å². The summed E-state index contributed by atoms with van der Waals surface area (Å²) in [7, 11) is 0. The molecule has 184 valence electrons. The number of pyridine rings is 1. The molecule has 0 aliphatic carbocycles. The van der Waals surface area contributed by atoms with Gasteiger partial charge in [-0.2, -0.15) is 0 Å². The number of aromatic nitrogens is 1. The molecule has 2 aliphatic rings. The van der Waals surface area contributed by atoms with Crippen LogP contribution in [0.3, 0.4) is 0 Å². The van der Waals surface area contributed by atoms with Crippen LogP contribution in [0.25, 0.3) is 0 Å². The molecule has 3 aromatic rings. The van der Waals surface area contributed by atoms with E-state index in [0.717, 1.165) is 37.1 Å². The Hall–Kier alpha value is -4.20. The van der Waals surface area contributed by atoms with Gasteiger partial charge in [0.25, 0.3) is 11.8 Å². The summed E-state index contributed by atoms with van der Waals surface area (Å²) >= 11 is 0. The lowest BCUT2D eigenvalue weighted by molar-refractivity contribution is 0.0923. The Morgan fingerprint density at radius 1 is 0.833 bits per heavy atom. The molecule has 3 amide bonds. The van der Waals surface area contributed by atoms with Gasteiger partial charge in [0.1, 0.15) is 5.82 Å². The third kappa shape index (κ3) is 5.07. The van der Waals surface area contributed by atoms with E-state index in [0.29, 0.717) is 23.2 Å². The quantitative estimate of drug-likeness (QED) is 0.478. The van der Waals surface area contributed by atoms with Crippen LogP contribution in [0.4, 0.5) is 5.82 Å². The average Bonchev–Trinajstić information content (AvgIpc) is 3.17. The number of carbonyl (C=O) groups excluding carboxylic acids is 3. The first kappa shape index (κ1) is 23.5. The van der Waals surface area contributed by atoms with Crippen LogP contribution >= 0.6 is 0 Å². The van der Waals surface area contributed by atoms with Gasteiger partial charge in [-0.15, -0.1) is 0 Å². The van der Waals surface area contributed by atoms with E-state index >= 15 is 0 Å². The van der Waals surface area contributed by atoms with E-state index in [1.54, 1.807) is 30.5 Å². The van der Waals surface area contributed by atoms with Gasteiger partial charge in [0.2, 0.25) is 5.91 Å². The highest BCUT2D eigenvalue weighted by Crippen LogP contribution is 2.38. The normalized spacial score (nSPS) is 20.6. The molecule has 3 heterocycles. The van der Waals surface area contributed by atoms with Gasteiger partial charge in [0.15, 0.2) is 0 Å². The molecule has 5 rings (SSSR count). The molecule has 2 saturated heterocycles. The van der Waals surface area contributed by atoms with Crippen molar-refractivity contribution in [3.8, 4) is 0 Å². The molecular formula is C28H29N5O3. The summed E-state index contributed by atoms with van der Waals surface area (Å²) in [5.74, 6) is 0.0632. The van der Waals surface area contributed by atoms with Crippen LogP contribution in [0.1, 0.15) is 62.3 Å². The number of fused-ring (bicyclic) bond motifs is 2. The Kier molecular flexibility index (Phi) is 6.66. The Labute approximate surface area is 209 Å². The van der Waals surface area contributed by atoms with Crippen molar-refractivity contribution in [3.05, 3.63) is 95.2 Å². The fourth-order valence-corrected chi connectivity index (χ4v) is 5.28. The lowest BCUT2D eigenvalue weighted by Gasteiger charge is -2.40. The zero-order chi connectivity index (χ0) is 25.1. The number of rotatable bonds is 7. The molecule has 1 aromatic heterocycles. The summed E-state index contributed by atoms with van der Waals surface area (Å²) < 4.78 is 0. The summed E-state index contributed by atoms with van der Waals surface area (Å²) in [5, 5.41) is 6.09. The molecule has 8 nitrogen and oxygen atoms in total. The maximum atomic E-state index is 12.7. The maximum Gasteiger partial charge on any atom is 0.253 e. The number of primary amides is 1. The molecule has 2 bridgehead atoms. The number of carbonyl (C=O) groups is 3. The van der Waals surface area contributed by atoms with Gasteiger partial charge in [-0.05, 0) is 67.6 Å². The number of nitrogens with one attached hydrogen (secondary N) is 2. The van der Waals surface area contributed by atoms with Crippen LogP contribution < -0.4 is 21.3 Å². The maximum absolute atomic E-state index is 12.7. The lowest BCUT2D eigenvalue weighted by atomic mass is 9.96. The van der Waals surface area contributed by atoms with Crippen molar-refractivity contribution in [2.75, 3.05) is 4.90 Å². The van der Waals surface area contributed by atoms with Gasteiger partial charge in [0.05, 0.1) is 5.56 Å². The number of hydrogen-bond donors (Lipinski definition) is 3. The van der Waals surface area contributed by atoms with Crippen molar-refractivity contribution < 1.29 is 14.4 Å². The van der Waals surface area contributed by atoms with Crippen LogP contribution in [0.5, 0.6) is 0 Å². The number of anilines is 1. The molecule has 4 N–H and O–H groups in total. The molecule has 8 heteroatoms. The van der Waals surface area contributed by atoms with Crippen LogP contribution in [0.15, 0.2) is 72.9 Å². The van der Waals surface area contributed by atoms with E-state index in [9.17, 15) is 14.4 Å². The number of nitrogens with two attached hydrogens (primary N) is 1. The van der Waals surface area contributed by atoms with Gasteiger partial charge in [-0.1, -0.05) is 30.3 Å². The molecular weight excluding hydrogens is 454 g/mol. The van der Waals surface area contributed by atoms with Crippen molar-refractivity contribution in [2.24, 2.45) is 5.73 Å². The molecule has 0 radical (unpaired) electrons. The molecule has 0 unspecified atom stereocenters. The number of amides is 3. The van der Waals surface area contributed by atoms with Crippen LogP contribution in [-0.4, -0.2) is 40.8 Å². The van der Waals surface area contributed by atoms with Gasteiger partial charge >= 0.3 is 0 Å². The second kappa shape index (κ2) is 10.2. The number of hydrogen-bond acceptors (Lipinski definition) is 5. The molecule has 3 atom stereocenters. The third-order valence-corrected chi connectivity index (χ3v) is 7.07. The van der Waals surface area contributed by atoms with E-state index < -0.39 is 5.91 Å². The highest BCUT2D eigenvalue weighted by atomic mass is 16.2. The summed E-state index contributed by atoms with van der Waals surface area (Å²) in [6.07, 6.45) is 5.40. The van der Waals surface area contributed by atoms with Gasteiger partial charge < -0.3 is 21.3 Å². The minimum Gasteiger partial charge on any atom is -0.366 e. The topological polar surface area (TPSA) is 117 Å². The fourth-order valence-electron chi connectivity index (χ4n) is 5.28. The predicted molar refractivity (Wildman–Crippen MR) is 137 cm³/mol. The number of benzene rings is 2. The summed E-state index contributed by atoms with van der Waals surface area (Å²) in [6, 6.07) is 20.6. The summed E-state index contributed by atoms with van der Waals surface area (Å²) in [4.78, 5) is 43.5. The number of piperidine rings is 1. The Bertz CT molecular complexity index is 1230. The molecule has 0 saturated carbocycles. The zero-order valence-electron chi connectivity index (χ0n) is 19.9. The highest BCUT2D eigenvalue weighted by molar-refractivity contribution is 5.97. The van der Waals surface area contributed by atoms with Crippen LogP contribution in [-0.2, 0) is 6.54 Å². The first-order valence-corrected chi connectivity index (χ1v) is 12.2. The van der Waals surface area contributed by atoms with Crippen molar-refractivity contribution in [1.82, 2.24) is 15.6 Å². The van der Waals surface area contributed by atoms with Gasteiger partial charge in [-0.25, -0.2) is 4.98 Å². The predicted octanol–water partition coefficient (Wildman–Crippen LogP) is 3.04. The Balaban J connectivity index is 1.18. The molecule has 2 aliphatic heterocycles. The Morgan fingerprint density at radius 3 is 2.08 bits per heavy atom. The van der Waals surface area contributed by atoms with Crippen molar-refractivity contribution in [2.45, 2.75) is 50.4 Å². The summed E-state index contributed by atoms with van der Waals surface area (Å²) in [5.41, 5.74) is 7.75. The van der Waals surface area contributed by atoms with E-state index in [1.165, 1.54) is 0 Å². The second-order valence-corrected chi connectivity index (χ2v) is 9.45. The minimum absolute atomic E-state index is 0.0742. The van der Waals surface area contributed by atoms with Gasteiger partial charge in [0, 0.05) is 42.0 Å². The Morgan fingerprint density at radius 2 is 1.47 bits per heavy atom. The van der Waals surface area contributed by atoms with Crippen molar-refractivity contribution in [1.29, 1.82) is 0 Å². The minimum atomic E-state index is -0.514. The standard InChI is InChI=1S/C28H29N5O3/c29-26(34)19-6-8-20(9-7-19)28(36)32-22-14-23-11-12-24(15-22)33(23)25-13-10-21(17-30-25)27(35)31-16-18-4-2-1-3-5-18/h1-10,13,17,22-24H,11-12,14-16H2,(H2,29,34)(H,31,35)(H,32,36)/t22-,23+,24-. The van der Waals surface area contributed by atoms with Crippen molar-refractivity contribution >= 4 is 23.5 Å². The first-order chi connectivity index (χ1) is 17.5. The van der Waals surface area contributed by atoms with Crippen LogP contribution in [0, 0.1) is 0 Å². The van der Waals surface area contributed by atoms with Crippen LogP contribution in [0.2, 0.25) is 0 Å². The molecule has 2 fully saturated rings. The van der Waals surface area contributed by atoms with Crippen molar-refractivity contribution in [3.63, 3.8) is 0 Å². The monoisotopic (exact) mass is 483 g/mol. The largest absolute Gasteiger partial charge is 0.366 e. The SMILES string of the molecule is NC(=O)c1ccc(C(=O)N[C@H]2C[C@H]3CC[C@@H](C2)N3c2ccc(C(=O)NCc3ccccc3)cn2)cc1. The van der Waals surface area contributed by atoms with Gasteiger partial charge in [-0.3, -0.25) is 14.4 Å². The summed E-state index contributed by atoms with van der Waals surface area (Å²) in [6.45, 7) is 0.472. The fraction of sp³-hybridized carbons (Fsp3) is 0.286. The molecule has 36 heavy (non-hydrogen) atoms. The van der Waals surface area contributed by atoms with E-state index in [1.807, 2.05) is 42.5 Å². The van der Waals surface area contributed by atoms with E-state index in [2.05, 4.69) is 20.5 Å². The molecule has 2 aromatic carbocycles. The lowest BCUT2D eigenvalue weighted by Crippen LogP contribution is -2.50. The highest BCUT2D eigenvalue weighted by Gasteiger charge is 2.41. The third-order valence-electron chi connectivity index (χ3n) is 7.07. The number of nitrogens with zero attached hydrogens (tertiary/aromatic N) is 2. The van der Waals surface area contributed by atoms with E-state index in [4.69, 9.17) is 5.73 Å². The zero-order valence-corrected chi connectivity index (χ0v) is 19.9. The smallest absolute Gasteiger partial charge is 0.253 e. The average molecular weight is 484 g/mol. The first-order valence-electron chi connectivity index (χ1n) is 12.2.